The molecule has 0 saturated heterocycles. The molecular weight excluding hydrogens is 328 g/mol. The van der Waals surface area contributed by atoms with Crippen molar-refractivity contribution in [2.45, 2.75) is 27.7 Å². The molecule has 0 bridgehead atoms. The van der Waals surface area contributed by atoms with Gasteiger partial charge in [-0.15, -0.1) is 0 Å². The number of anilines is 1. The molecule has 1 rings (SSSR count). The van der Waals surface area contributed by atoms with E-state index in [0.29, 0.717) is 13.8 Å². The van der Waals surface area contributed by atoms with Crippen LogP contribution in [0.25, 0.3) is 0 Å². The Kier molecular flexibility index (Phi) is 7.14. The molecule has 4 nitrogen and oxygen atoms in total. The molecule has 0 aliphatic heterocycles. The van der Waals surface area contributed by atoms with Gasteiger partial charge >= 0.3 is 0 Å². The Morgan fingerprint density at radius 2 is 1.65 bits per heavy atom. The van der Waals surface area contributed by atoms with Gasteiger partial charge in [0.25, 0.3) is 0 Å². The molecule has 0 spiro atoms. The Morgan fingerprint density at radius 1 is 1.10 bits per heavy atom. The van der Waals surface area contributed by atoms with E-state index in [1.807, 2.05) is 4.90 Å². The van der Waals surface area contributed by atoms with Crippen molar-refractivity contribution >= 4 is 58.2 Å². The summed E-state index contributed by atoms with van der Waals surface area (Å²) in [4.78, 5) is 8.68. The van der Waals surface area contributed by atoms with E-state index in [0.717, 1.165) is 31.3 Å². The molecule has 0 atom stereocenters. The first-order valence-electron chi connectivity index (χ1n) is 6.68. The Morgan fingerprint density at radius 3 is 2.05 bits per heavy atom. The van der Waals surface area contributed by atoms with Crippen LogP contribution in [-0.2, 0) is 0 Å². The number of aromatic nitrogens is 2. The number of rotatable bonds is 5. The largest absolute Gasteiger partial charge is 0.349 e. The predicted molar refractivity (Wildman–Crippen MR) is 96.3 cm³/mol. The first kappa shape index (κ1) is 17.6. The van der Waals surface area contributed by atoms with Crippen LogP contribution in [-0.4, -0.2) is 45.7 Å². The van der Waals surface area contributed by atoms with Gasteiger partial charge in [0.15, 0.2) is 14.2 Å². The highest BCUT2D eigenvalue weighted by Crippen LogP contribution is 2.19. The fourth-order valence-electron chi connectivity index (χ4n) is 1.78. The molecule has 0 aliphatic rings. The Hall–Kier alpha value is -0.440. The second-order valence-corrected chi connectivity index (χ2v) is 6.34. The van der Waals surface area contributed by atoms with Crippen LogP contribution in [0.2, 0.25) is 0 Å². The number of hydrogen-bond acceptors (Lipinski definition) is 6. The van der Waals surface area contributed by atoms with Crippen LogP contribution >= 0.6 is 48.0 Å². The van der Waals surface area contributed by atoms with Crippen molar-refractivity contribution in [1.29, 1.82) is 0 Å². The second-order valence-electron chi connectivity index (χ2n) is 4.01. The lowest BCUT2D eigenvalue weighted by Crippen LogP contribution is -2.35. The maximum Gasteiger partial charge on any atom is 0.210 e. The lowest BCUT2D eigenvalue weighted by atomic mass is 10.5. The monoisotopic (exact) mass is 348 g/mol. The topological polar surface area (TPSA) is 24.3 Å². The van der Waals surface area contributed by atoms with Crippen molar-refractivity contribution in [2.75, 3.05) is 31.1 Å². The summed E-state index contributed by atoms with van der Waals surface area (Å²) in [5, 5.41) is 1.50. The van der Waals surface area contributed by atoms with Crippen LogP contribution in [0.1, 0.15) is 27.7 Å². The van der Waals surface area contributed by atoms with Gasteiger partial charge in [-0.3, -0.25) is 0 Å². The zero-order valence-corrected chi connectivity index (χ0v) is 15.5. The van der Waals surface area contributed by atoms with Crippen LogP contribution in [0.5, 0.6) is 0 Å². The average molecular weight is 349 g/mol. The van der Waals surface area contributed by atoms with Gasteiger partial charge in [-0.1, -0.05) is 11.3 Å². The molecule has 1 aromatic heterocycles. The highest BCUT2D eigenvalue weighted by molar-refractivity contribution is 7.80. The van der Waals surface area contributed by atoms with E-state index in [2.05, 4.69) is 37.6 Å². The minimum Gasteiger partial charge on any atom is -0.349 e. The maximum absolute atomic E-state index is 5.49. The maximum atomic E-state index is 5.49. The van der Waals surface area contributed by atoms with Crippen molar-refractivity contribution in [3.8, 4) is 0 Å². The third kappa shape index (κ3) is 3.81. The third-order valence-electron chi connectivity index (χ3n) is 3.00. The molecule has 0 saturated carbocycles. The van der Waals surface area contributed by atoms with Gasteiger partial charge < -0.3 is 9.80 Å². The first-order chi connectivity index (χ1) is 9.49. The molecule has 0 fully saturated rings. The molecule has 0 radical (unpaired) electrons. The SMILES string of the molecule is CCN(CC)C(=S)n1c(=S)nc(N(CC)CC)sc1=S. The fourth-order valence-corrected chi connectivity index (χ4v) is 4.16. The molecular formula is C12H20N4S4. The summed E-state index contributed by atoms with van der Waals surface area (Å²) in [5.74, 6) is 0. The Bertz CT molecular complexity index is 538. The molecule has 112 valence electrons. The number of hydrogen-bond donors (Lipinski definition) is 0. The van der Waals surface area contributed by atoms with Crippen molar-refractivity contribution in [1.82, 2.24) is 14.5 Å². The van der Waals surface area contributed by atoms with E-state index in [-0.39, 0.29) is 0 Å². The zero-order valence-electron chi connectivity index (χ0n) is 12.3. The summed E-state index contributed by atoms with van der Waals surface area (Å²) in [6, 6.07) is 0. The predicted octanol–water partition coefficient (Wildman–Crippen LogP) is 3.72. The lowest BCUT2D eigenvalue weighted by molar-refractivity contribution is 0.458. The summed E-state index contributed by atoms with van der Waals surface area (Å²) < 4.78 is 2.81. The standard InChI is InChI=1S/C12H20N4S4/c1-5-14(6-2)10-13-9(17)16(12(19)20-10)11(18)15(7-3)8-4/h5-8H2,1-4H3. The molecule has 1 aromatic rings. The van der Waals surface area contributed by atoms with Crippen LogP contribution in [0.15, 0.2) is 0 Å². The molecule has 8 heteroatoms. The van der Waals surface area contributed by atoms with E-state index < -0.39 is 0 Å². The third-order valence-corrected chi connectivity index (χ3v) is 5.04. The van der Waals surface area contributed by atoms with Crippen LogP contribution in [0, 0.1) is 8.73 Å². The van der Waals surface area contributed by atoms with Crippen LogP contribution < -0.4 is 4.90 Å². The fraction of sp³-hybridized carbons (Fsp3) is 0.667. The summed E-state index contributed by atoms with van der Waals surface area (Å²) in [6.45, 7) is 11.7. The van der Waals surface area contributed by atoms with Crippen molar-refractivity contribution < 1.29 is 0 Å². The molecule has 1 heterocycles. The lowest BCUT2D eigenvalue weighted by Gasteiger charge is -2.24. The molecule has 0 aromatic carbocycles. The van der Waals surface area contributed by atoms with Crippen LogP contribution in [0.4, 0.5) is 5.13 Å². The van der Waals surface area contributed by atoms with Gasteiger partial charge in [0.2, 0.25) is 4.77 Å². The highest BCUT2D eigenvalue weighted by Gasteiger charge is 2.13. The van der Waals surface area contributed by atoms with E-state index in [9.17, 15) is 0 Å². The Balaban J connectivity index is 3.29. The number of nitrogens with zero attached hydrogens (tertiary/aromatic N) is 4. The summed E-state index contributed by atoms with van der Waals surface area (Å²) >= 11 is 17.8. The van der Waals surface area contributed by atoms with Crippen LogP contribution in [0.3, 0.4) is 0 Å². The summed E-state index contributed by atoms with van der Waals surface area (Å²) in [6.07, 6.45) is 0. The molecule has 0 aliphatic carbocycles. The highest BCUT2D eigenvalue weighted by atomic mass is 32.1. The van der Waals surface area contributed by atoms with Gasteiger partial charge in [-0.2, -0.15) is 4.98 Å². The van der Waals surface area contributed by atoms with E-state index in [1.165, 1.54) is 11.3 Å². The van der Waals surface area contributed by atoms with Crippen molar-refractivity contribution in [3.63, 3.8) is 0 Å². The normalized spacial score (nSPS) is 10.4. The van der Waals surface area contributed by atoms with Gasteiger partial charge in [-0.05, 0) is 64.3 Å². The van der Waals surface area contributed by atoms with E-state index in [4.69, 9.17) is 36.7 Å². The van der Waals surface area contributed by atoms with Gasteiger partial charge in [0.1, 0.15) is 0 Å². The van der Waals surface area contributed by atoms with E-state index >= 15 is 0 Å². The minimum atomic E-state index is 0.438. The van der Waals surface area contributed by atoms with Crippen molar-refractivity contribution in [3.05, 3.63) is 8.73 Å². The molecule has 0 amide bonds. The molecule has 20 heavy (non-hydrogen) atoms. The summed E-state index contributed by atoms with van der Waals surface area (Å²) in [7, 11) is 0. The van der Waals surface area contributed by atoms with E-state index in [1.54, 1.807) is 4.57 Å². The molecule has 0 unspecified atom stereocenters. The smallest absolute Gasteiger partial charge is 0.210 e. The van der Waals surface area contributed by atoms with Gasteiger partial charge in [-0.25, -0.2) is 4.57 Å². The summed E-state index contributed by atoms with van der Waals surface area (Å²) in [5.41, 5.74) is 0. The quantitative estimate of drug-likeness (QED) is 0.752. The molecule has 0 N–H and O–H groups in total. The van der Waals surface area contributed by atoms with Crippen molar-refractivity contribution in [2.24, 2.45) is 0 Å². The Labute approximate surface area is 140 Å². The first-order valence-corrected chi connectivity index (χ1v) is 8.72. The number of thiocarbonyl (C=S) groups is 1. The van der Waals surface area contributed by atoms with Gasteiger partial charge in [0, 0.05) is 26.2 Å². The second kappa shape index (κ2) is 8.11. The zero-order chi connectivity index (χ0) is 15.3. The average Bonchev–Trinajstić information content (AvgIpc) is 2.40. The minimum absolute atomic E-state index is 0.438. The van der Waals surface area contributed by atoms with Gasteiger partial charge in [0.05, 0.1) is 0 Å².